The van der Waals surface area contributed by atoms with Crippen molar-refractivity contribution in [3.63, 3.8) is 0 Å². The number of nitrogens with zero attached hydrogens (tertiary/aromatic N) is 3. The second kappa shape index (κ2) is 4.59. The summed E-state index contributed by atoms with van der Waals surface area (Å²) in [5, 5.41) is 16.3. The molecule has 1 rings (SSSR count). The van der Waals surface area contributed by atoms with Crippen LogP contribution in [0.15, 0.2) is 6.07 Å². The minimum atomic E-state index is -1.09. The van der Waals surface area contributed by atoms with Crippen LogP contribution in [0.4, 0.5) is 11.6 Å². The Morgan fingerprint density at radius 3 is 2.53 bits per heavy atom. The van der Waals surface area contributed by atoms with Crippen molar-refractivity contribution in [1.29, 1.82) is 0 Å². The summed E-state index contributed by atoms with van der Waals surface area (Å²) in [7, 11) is 0. The molecule has 0 aliphatic heterocycles. The molecule has 15 heavy (non-hydrogen) atoms. The van der Waals surface area contributed by atoms with Crippen molar-refractivity contribution in [1.82, 2.24) is 10.2 Å². The lowest BCUT2D eigenvalue weighted by Crippen LogP contribution is -2.24. The molecule has 6 heteroatoms. The molecule has 0 atom stereocenters. The van der Waals surface area contributed by atoms with Crippen molar-refractivity contribution in [2.24, 2.45) is 0 Å². The summed E-state index contributed by atoms with van der Waals surface area (Å²) in [6.45, 7) is 5.41. The van der Waals surface area contributed by atoms with Crippen molar-refractivity contribution in [3.8, 4) is 0 Å². The number of carbonyl (C=O) groups is 1. The first-order valence-corrected chi connectivity index (χ1v) is 4.71. The van der Waals surface area contributed by atoms with Crippen LogP contribution in [0.3, 0.4) is 0 Å². The fraction of sp³-hybridized carbons (Fsp3) is 0.444. The fourth-order valence-corrected chi connectivity index (χ4v) is 1.26. The van der Waals surface area contributed by atoms with E-state index in [1.165, 1.54) is 6.07 Å². The zero-order valence-corrected chi connectivity index (χ0v) is 8.77. The number of hydrogen-bond acceptors (Lipinski definition) is 5. The van der Waals surface area contributed by atoms with Gasteiger partial charge in [0.05, 0.1) is 0 Å². The van der Waals surface area contributed by atoms with E-state index in [9.17, 15) is 4.79 Å². The molecular weight excluding hydrogens is 196 g/mol. The summed E-state index contributed by atoms with van der Waals surface area (Å²) in [5.41, 5.74) is 5.39. The first kappa shape index (κ1) is 11.2. The molecule has 1 aromatic rings. The highest BCUT2D eigenvalue weighted by Gasteiger charge is 2.13. The molecule has 0 fully saturated rings. The normalized spacial score (nSPS) is 10.0. The monoisotopic (exact) mass is 210 g/mol. The van der Waals surface area contributed by atoms with Gasteiger partial charge in [0, 0.05) is 19.2 Å². The third kappa shape index (κ3) is 2.34. The van der Waals surface area contributed by atoms with Gasteiger partial charge in [0.1, 0.15) is 5.56 Å². The number of aromatic carboxylic acids is 1. The van der Waals surface area contributed by atoms with E-state index in [2.05, 4.69) is 10.2 Å². The van der Waals surface area contributed by atoms with E-state index >= 15 is 0 Å². The fourth-order valence-electron chi connectivity index (χ4n) is 1.26. The molecule has 0 saturated carbocycles. The van der Waals surface area contributed by atoms with Crippen molar-refractivity contribution in [2.45, 2.75) is 13.8 Å². The van der Waals surface area contributed by atoms with Gasteiger partial charge in [0.15, 0.2) is 11.6 Å². The Morgan fingerprint density at radius 1 is 1.47 bits per heavy atom. The number of hydrogen-bond donors (Lipinski definition) is 2. The number of anilines is 2. The van der Waals surface area contributed by atoms with E-state index in [0.717, 1.165) is 13.1 Å². The summed E-state index contributed by atoms with van der Waals surface area (Å²) in [5.74, 6) is -0.610. The zero-order chi connectivity index (χ0) is 11.4. The number of aromatic nitrogens is 2. The molecule has 1 aromatic heterocycles. The quantitative estimate of drug-likeness (QED) is 0.756. The summed E-state index contributed by atoms with van der Waals surface area (Å²) in [6.07, 6.45) is 0. The Hall–Kier alpha value is -1.85. The molecular formula is C9H14N4O2. The molecule has 0 bridgehead atoms. The molecule has 6 nitrogen and oxygen atoms in total. The lowest BCUT2D eigenvalue weighted by atomic mass is 10.2. The SMILES string of the molecule is CCN(CC)c1cc(C(=O)O)c(N)nn1. The third-order valence-electron chi connectivity index (χ3n) is 2.13. The van der Waals surface area contributed by atoms with Gasteiger partial charge in [-0.1, -0.05) is 0 Å². The number of carboxylic acid groups (broad SMARTS) is 1. The van der Waals surface area contributed by atoms with Crippen LogP contribution in [0, 0.1) is 0 Å². The number of nitrogens with two attached hydrogens (primary N) is 1. The maximum Gasteiger partial charge on any atom is 0.339 e. The van der Waals surface area contributed by atoms with Gasteiger partial charge in [0.2, 0.25) is 0 Å². The first-order valence-electron chi connectivity index (χ1n) is 4.71. The Kier molecular flexibility index (Phi) is 3.43. The van der Waals surface area contributed by atoms with Crippen molar-refractivity contribution in [3.05, 3.63) is 11.6 Å². The van der Waals surface area contributed by atoms with Crippen molar-refractivity contribution >= 4 is 17.6 Å². The van der Waals surface area contributed by atoms with Gasteiger partial charge in [-0.15, -0.1) is 10.2 Å². The Balaban J connectivity index is 3.11. The molecule has 0 spiro atoms. The van der Waals surface area contributed by atoms with Crippen LogP contribution >= 0.6 is 0 Å². The van der Waals surface area contributed by atoms with Crippen LogP contribution < -0.4 is 10.6 Å². The van der Waals surface area contributed by atoms with Crippen LogP contribution in [0.5, 0.6) is 0 Å². The van der Waals surface area contributed by atoms with Gasteiger partial charge in [-0.2, -0.15) is 0 Å². The molecule has 0 amide bonds. The van der Waals surface area contributed by atoms with Crippen LogP contribution in [0.2, 0.25) is 0 Å². The average Bonchev–Trinajstić information content (AvgIpc) is 2.21. The molecule has 0 radical (unpaired) electrons. The number of carboxylic acids is 1. The van der Waals surface area contributed by atoms with E-state index in [4.69, 9.17) is 10.8 Å². The number of rotatable bonds is 4. The van der Waals surface area contributed by atoms with Gasteiger partial charge in [-0.25, -0.2) is 4.79 Å². The van der Waals surface area contributed by atoms with Gasteiger partial charge in [-0.3, -0.25) is 0 Å². The van der Waals surface area contributed by atoms with Gasteiger partial charge in [-0.05, 0) is 13.8 Å². The molecule has 3 N–H and O–H groups in total. The topological polar surface area (TPSA) is 92.3 Å². The van der Waals surface area contributed by atoms with Gasteiger partial charge < -0.3 is 15.7 Å². The predicted octanol–water partition coefficient (Wildman–Crippen LogP) is 0.603. The van der Waals surface area contributed by atoms with Gasteiger partial charge >= 0.3 is 5.97 Å². The number of nitrogen functional groups attached to an aromatic ring is 1. The third-order valence-corrected chi connectivity index (χ3v) is 2.13. The highest BCUT2D eigenvalue weighted by atomic mass is 16.4. The summed E-state index contributed by atoms with van der Waals surface area (Å²) < 4.78 is 0. The van der Waals surface area contributed by atoms with Crippen LogP contribution in [-0.4, -0.2) is 34.4 Å². The molecule has 0 unspecified atom stereocenters. The predicted molar refractivity (Wildman–Crippen MR) is 57.0 cm³/mol. The van der Waals surface area contributed by atoms with Crippen LogP contribution in [0.1, 0.15) is 24.2 Å². The zero-order valence-electron chi connectivity index (χ0n) is 8.77. The molecule has 0 aliphatic rings. The largest absolute Gasteiger partial charge is 0.478 e. The van der Waals surface area contributed by atoms with Crippen molar-refractivity contribution < 1.29 is 9.90 Å². The maximum atomic E-state index is 10.8. The lowest BCUT2D eigenvalue weighted by Gasteiger charge is -2.19. The molecule has 0 aliphatic carbocycles. The minimum absolute atomic E-state index is 0.00750. The minimum Gasteiger partial charge on any atom is -0.478 e. The molecule has 0 saturated heterocycles. The summed E-state index contributed by atoms with van der Waals surface area (Å²) in [6, 6.07) is 1.44. The van der Waals surface area contributed by atoms with E-state index in [-0.39, 0.29) is 11.4 Å². The van der Waals surface area contributed by atoms with E-state index in [0.29, 0.717) is 5.82 Å². The summed E-state index contributed by atoms with van der Waals surface area (Å²) >= 11 is 0. The van der Waals surface area contributed by atoms with Crippen LogP contribution in [-0.2, 0) is 0 Å². The van der Waals surface area contributed by atoms with Crippen molar-refractivity contribution in [2.75, 3.05) is 23.7 Å². The first-order chi connectivity index (χ1) is 7.10. The van der Waals surface area contributed by atoms with E-state index in [1.54, 1.807) is 0 Å². The second-order valence-corrected chi connectivity index (χ2v) is 2.98. The lowest BCUT2D eigenvalue weighted by molar-refractivity contribution is 0.0697. The highest BCUT2D eigenvalue weighted by molar-refractivity contribution is 5.93. The Morgan fingerprint density at radius 2 is 2.07 bits per heavy atom. The maximum absolute atomic E-state index is 10.8. The van der Waals surface area contributed by atoms with Gasteiger partial charge in [0.25, 0.3) is 0 Å². The average molecular weight is 210 g/mol. The summed E-state index contributed by atoms with van der Waals surface area (Å²) in [4.78, 5) is 12.7. The van der Waals surface area contributed by atoms with Crippen LogP contribution in [0.25, 0.3) is 0 Å². The smallest absolute Gasteiger partial charge is 0.339 e. The standard InChI is InChI=1S/C9H14N4O2/c1-3-13(4-2)7-5-6(9(14)15)8(10)12-11-7/h5H,3-4H2,1-2H3,(H2,10,12)(H,14,15). The Bertz CT molecular complexity index is 363. The van der Waals surface area contributed by atoms with E-state index in [1.807, 2.05) is 18.7 Å². The highest BCUT2D eigenvalue weighted by Crippen LogP contribution is 2.15. The molecule has 1 heterocycles. The second-order valence-electron chi connectivity index (χ2n) is 2.98. The van der Waals surface area contributed by atoms with E-state index < -0.39 is 5.97 Å². The molecule has 0 aromatic carbocycles. The molecule has 82 valence electrons. The Labute approximate surface area is 87.7 Å².